The van der Waals surface area contributed by atoms with Gasteiger partial charge in [-0.1, -0.05) is 53.5 Å². The zero-order valence-corrected chi connectivity index (χ0v) is 24.3. The highest BCUT2D eigenvalue weighted by atomic mass is 35.5. The Kier molecular flexibility index (Phi) is 8.49. The van der Waals surface area contributed by atoms with E-state index in [-0.39, 0.29) is 4.90 Å². The van der Waals surface area contributed by atoms with E-state index in [0.29, 0.717) is 15.7 Å². The van der Waals surface area contributed by atoms with Gasteiger partial charge in [0, 0.05) is 17.0 Å². The molecule has 202 valence electrons. The lowest BCUT2D eigenvalue weighted by Crippen LogP contribution is -2.39. The predicted octanol–water partition coefficient (Wildman–Crippen LogP) is 6.36. The zero-order valence-electron chi connectivity index (χ0n) is 21.9. The molecule has 1 heterocycles. The molecule has 0 unspecified atom stereocenters. The van der Waals surface area contributed by atoms with E-state index in [0.717, 1.165) is 38.1 Å². The molecule has 3 aromatic carbocycles. The molecule has 0 saturated carbocycles. The third-order valence-electron chi connectivity index (χ3n) is 6.15. The van der Waals surface area contributed by atoms with Crippen LogP contribution in [-0.2, 0) is 14.8 Å². The number of benzene rings is 3. The van der Waals surface area contributed by atoms with Crippen molar-refractivity contribution in [1.82, 2.24) is 9.99 Å². The van der Waals surface area contributed by atoms with Gasteiger partial charge in [0.1, 0.15) is 6.54 Å². The van der Waals surface area contributed by atoms with Crippen LogP contribution in [0.4, 0.5) is 5.69 Å². The molecule has 1 aromatic heterocycles. The van der Waals surface area contributed by atoms with Gasteiger partial charge in [0.05, 0.1) is 32.5 Å². The molecule has 1 amide bonds. The first-order valence-electron chi connectivity index (χ1n) is 12.1. The quantitative estimate of drug-likeness (QED) is 0.194. The van der Waals surface area contributed by atoms with Crippen molar-refractivity contribution in [2.45, 2.75) is 32.6 Å². The Morgan fingerprint density at radius 3 is 2.28 bits per heavy atom. The Balaban J connectivity index is 1.58. The van der Waals surface area contributed by atoms with Crippen molar-refractivity contribution in [3.8, 4) is 5.69 Å². The maximum atomic E-state index is 13.5. The van der Waals surface area contributed by atoms with Gasteiger partial charge in [0.15, 0.2) is 0 Å². The number of carbonyl (C=O) groups excluding carboxylic acids is 1. The number of amides is 1. The SMILES string of the molecule is Cc1cc(C)cc(N(CC(=O)N/N=C\c2cc(C)n(-c3cccc(Cl)c3Cl)c2C)S(=O)(=O)c2ccccc2)c1. The molecule has 4 aromatic rings. The summed E-state index contributed by atoms with van der Waals surface area (Å²) in [4.78, 5) is 13.0. The minimum absolute atomic E-state index is 0.0903. The number of halogens is 2. The molecule has 0 radical (unpaired) electrons. The smallest absolute Gasteiger partial charge is 0.264 e. The molecule has 0 spiro atoms. The summed E-state index contributed by atoms with van der Waals surface area (Å²) in [6.45, 7) is 7.13. The van der Waals surface area contributed by atoms with Gasteiger partial charge >= 0.3 is 0 Å². The maximum absolute atomic E-state index is 13.5. The highest BCUT2D eigenvalue weighted by Crippen LogP contribution is 2.31. The zero-order chi connectivity index (χ0) is 28.3. The lowest BCUT2D eigenvalue weighted by Gasteiger charge is -2.24. The van der Waals surface area contributed by atoms with Crippen molar-refractivity contribution in [3.63, 3.8) is 0 Å². The second-order valence-corrected chi connectivity index (χ2v) is 11.8. The standard InChI is InChI=1S/C29H28Cl2N4O3S/c1-19-13-20(2)15-24(14-19)34(39(37,38)25-9-6-5-7-10-25)18-28(36)33-32-17-23-16-21(3)35(22(23)4)27-12-8-11-26(30)29(27)31/h5-17H,18H2,1-4H3,(H,33,36)/b32-17-. The molecule has 0 atom stereocenters. The van der Waals surface area contributed by atoms with Crippen molar-refractivity contribution < 1.29 is 13.2 Å². The van der Waals surface area contributed by atoms with Gasteiger partial charge in [0.25, 0.3) is 15.9 Å². The number of rotatable bonds is 8. The number of sulfonamides is 1. The molecule has 0 saturated heterocycles. The molecule has 0 bridgehead atoms. The molecule has 0 aliphatic rings. The van der Waals surface area contributed by atoms with E-state index in [1.807, 2.05) is 56.5 Å². The van der Waals surface area contributed by atoms with Crippen LogP contribution < -0.4 is 9.73 Å². The molecule has 39 heavy (non-hydrogen) atoms. The first kappa shape index (κ1) is 28.4. The summed E-state index contributed by atoms with van der Waals surface area (Å²) in [5, 5.41) is 4.99. The van der Waals surface area contributed by atoms with Crippen LogP contribution in [0.5, 0.6) is 0 Å². The van der Waals surface area contributed by atoms with Gasteiger partial charge in [-0.15, -0.1) is 0 Å². The molecular formula is C29H28Cl2N4O3S. The van der Waals surface area contributed by atoms with Crippen LogP contribution in [-0.4, -0.2) is 31.7 Å². The number of nitrogens with one attached hydrogen (secondary N) is 1. The fourth-order valence-corrected chi connectivity index (χ4v) is 6.23. The molecular weight excluding hydrogens is 555 g/mol. The van der Waals surface area contributed by atoms with E-state index < -0.39 is 22.5 Å². The fraction of sp³-hybridized carbons (Fsp3) is 0.172. The van der Waals surface area contributed by atoms with Crippen molar-refractivity contribution >= 4 is 51.0 Å². The third kappa shape index (κ3) is 6.19. The summed E-state index contributed by atoms with van der Waals surface area (Å²) in [5.74, 6) is -0.586. The van der Waals surface area contributed by atoms with Gasteiger partial charge in [-0.2, -0.15) is 5.10 Å². The fourth-order valence-electron chi connectivity index (χ4n) is 4.42. The third-order valence-corrected chi connectivity index (χ3v) is 8.75. The highest BCUT2D eigenvalue weighted by molar-refractivity contribution is 7.92. The molecule has 1 N–H and O–H groups in total. The summed E-state index contributed by atoms with van der Waals surface area (Å²) in [6, 6.07) is 20.8. The Hall–Kier alpha value is -3.59. The van der Waals surface area contributed by atoms with Crippen LogP contribution in [0.15, 0.2) is 82.8 Å². The van der Waals surface area contributed by atoms with Crippen LogP contribution in [0.1, 0.15) is 28.1 Å². The van der Waals surface area contributed by atoms with Gasteiger partial charge in [-0.05, 0) is 81.3 Å². The molecule has 0 aliphatic heterocycles. The first-order chi connectivity index (χ1) is 18.5. The van der Waals surface area contributed by atoms with E-state index in [1.165, 1.54) is 18.3 Å². The van der Waals surface area contributed by atoms with Crippen molar-refractivity contribution in [1.29, 1.82) is 0 Å². The largest absolute Gasteiger partial charge is 0.316 e. The van der Waals surface area contributed by atoms with E-state index in [4.69, 9.17) is 23.2 Å². The molecule has 0 fully saturated rings. The van der Waals surface area contributed by atoms with E-state index in [9.17, 15) is 13.2 Å². The number of aromatic nitrogens is 1. The lowest BCUT2D eigenvalue weighted by molar-refractivity contribution is -0.119. The Bertz CT molecular complexity index is 1650. The Morgan fingerprint density at radius 1 is 0.949 bits per heavy atom. The molecule has 7 nitrogen and oxygen atoms in total. The van der Waals surface area contributed by atoms with Gasteiger partial charge in [0.2, 0.25) is 0 Å². The molecule has 10 heteroatoms. The van der Waals surface area contributed by atoms with Crippen molar-refractivity contribution in [2.75, 3.05) is 10.8 Å². The average molecular weight is 584 g/mol. The van der Waals surface area contributed by atoms with Crippen molar-refractivity contribution in [2.24, 2.45) is 5.10 Å². The van der Waals surface area contributed by atoms with Gasteiger partial charge in [-0.25, -0.2) is 13.8 Å². The molecule has 0 aliphatic carbocycles. The number of aryl methyl sites for hydroxylation is 3. The summed E-state index contributed by atoms with van der Waals surface area (Å²) < 4.78 is 30.1. The second kappa shape index (κ2) is 11.7. The van der Waals surface area contributed by atoms with Crippen LogP contribution in [0, 0.1) is 27.7 Å². The summed E-state index contributed by atoms with van der Waals surface area (Å²) in [7, 11) is -4.01. The number of hydrazone groups is 1. The normalized spacial score (nSPS) is 11.6. The number of hydrogen-bond donors (Lipinski definition) is 1. The van der Waals surface area contributed by atoms with Gasteiger partial charge < -0.3 is 4.57 Å². The van der Waals surface area contributed by atoms with Crippen LogP contribution in [0.25, 0.3) is 5.69 Å². The van der Waals surface area contributed by atoms with E-state index in [2.05, 4.69) is 10.5 Å². The van der Waals surface area contributed by atoms with Gasteiger partial charge in [-0.3, -0.25) is 9.10 Å². The van der Waals surface area contributed by atoms with Crippen molar-refractivity contribution in [3.05, 3.63) is 111 Å². The van der Waals surface area contributed by atoms with Crippen LogP contribution in [0.3, 0.4) is 0 Å². The van der Waals surface area contributed by atoms with Crippen LogP contribution >= 0.6 is 23.2 Å². The topological polar surface area (TPSA) is 83.8 Å². The van der Waals surface area contributed by atoms with E-state index >= 15 is 0 Å². The minimum atomic E-state index is -4.01. The average Bonchev–Trinajstić information content (AvgIpc) is 3.16. The minimum Gasteiger partial charge on any atom is -0.316 e. The second-order valence-electron chi connectivity index (χ2n) is 9.20. The lowest BCUT2D eigenvalue weighted by atomic mass is 10.1. The Morgan fingerprint density at radius 2 is 1.62 bits per heavy atom. The number of hydrogen-bond acceptors (Lipinski definition) is 4. The monoisotopic (exact) mass is 582 g/mol. The summed E-state index contributed by atoms with van der Waals surface area (Å²) in [6.07, 6.45) is 1.52. The van der Waals surface area contributed by atoms with E-state index in [1.54, 1.807) is 36.4 Å². The predicted molar refractivity (Wildman–Crippen MR) is 158 cm³/mol. The summed E-state index contributed by atoms with van der Waals surface area (Å²) in [5.41, 5.74) is 7.87. The first-order valence-corrected chi connectivity index (χ1v) is 14.3. The Labute approximate surface area is 238 Å². The molecule has 4 rings (SSSR count). The number of anilines is 1. The van der Waals surface area contributed by atoms with Crippen LogP contribution in [0.2, 0.25) is 10.0 Å². The number of carbonyl (C=O) groups is 1. The maximum Gasteiger partial charge on any atom is 0.264 e. The highest BCUT2D eigenvalue weighted by Gasteiger charge is 2.27. The summed E-state index contributed by atoms with van der Waals surface area (Å²) >= 11 is 12.6. The number of nitrogens with zero attached hydrogens (tertiary/aromatic N) is 3.